The van der Waals surface area contributed by atoms with Crippen LogP contribution in [0.25, 0.3) is 0 Å². The van der Waals surface area contributed by atoms with Gasteiger partial charge in [0.1, 0.15) is 0 Å². The minimum absolute atomic E-state index is 0.155. The summed E-state index contributed by atoms with van der Waals surface area (Å²) >= 11 is 16.7. The van der Waals surface area contributed by atoms with Crippen LogP contribution >= 0.6 is 57.6 Å². The molecule has 0 aliphatic carbocycles. The molecule has 0 bridgehead atoms. The molecule has 2 heterocycles. The summed E-state index contributed by atoms with van der Waals surface area (Å²) in [5.41, 5.74) is 1.63. The Hall–Kier alpha value is -1.19. The number of aromatic nitrogens is 3. The van der Waals surface area contributed by atoms with Gasteiger partial charge in [-0.2, -0.15) is 0 Å². The Morgan fingerprint density at radius 3 is 2.67 bits per heavy atom. The van der Waals surface area contributed by atoms with Gasteiger partial charge in [-0.05, 0) is 17.7 Å². The van der Waals surface area contributed by atoms with Gasteiger partial charge in [0.2, 0.25) is 11.0 Å². The molecule has 27 heavy (non-hydrogen) atoms. The number of carbonyl (C=O) groups is 1. The quantitative estimate of drug-likeness (QED) is 0.352. The third kappa shape index (κ3) is 5.65. The fourth-order valence-electron chi connectivity index (χ4n) is 2.12. The van der Waals surface area contributed by atoms with Crippen molar-refractivity contribution in [1.29, 1.82) is 0 Å². The van der Waals surface area contributed by atoms with E-state index in [9.17, 15) is 4.79 Å². The molecule has 1 N–H and O–H groups in total. The average Bonchev–Trinajstić information content (AvgIpc) is 3.24. The molecule has 10 heteroatoms. The first-order valence-electron chi connectivity index (χ1n) is 8.05. The smallest absolute Gasteiger partial charge is 0.232 e. The molecule has 3 rings (SSSR count). The van der Waals surface area contributed by atoms with Gasteiger partial charge in [-0.25, -0.2) is 4.98 Å². The van der Waals surface area contributed by atoms with E-state index in [-0.39, 0.29) is 12.3 Å². The number of anilines is 1. The summed E-state index contributed by atoms with van der Waals surface area (Å²) in [4.78, 5) is 16.7. The van der Waals surface area contributed by atoms with E-state index in [0.29, 0.717) is 26.8 Å². The van der Waals surface area contributed by atoms with Crippen molar-refractivity contribution in [3.8, 4) is 0 Å². The van der Waals surface area contributed by atoms with Crippen molar-refractivity contribution in [2.75, 3.05) is 5.32 Å². The van der Waals surface area contributed by atoms with Gasteiger partial charge in [-0.15, -0.1) is 21.5 Å². The van der Waals surface area contributed by atoms with Gasteiger partial charge in [-0.1, -0.05) is 66.2 Å². The molecule has 3 aromatic rings. The summed E-state index contributed by atoms with van der Waals surface area (Å²) < 4.78 is 0.733. The molecular formula is C17H16Cl2N4OS3. The summed E-state index contributed by atoms with van der Waals surface area (Å²) in [5.74, 6) is 0.788. The molecule has 0 aliphatic heterocycles. The minimum Gasteiger partial charge on any atom is -0.300 e. The highest BCUT2D eigenvalue weighted by Crippen LogP contribution is 2.33. The molecule has 0 spiro atoms. The van der Waals surface area contributed by atoms with Crippen molar-refractivity contribution in [1.82, 2.24) is 15.2 Å². The number of nitrogens with one attached hydrogen (secondary N) is 1. The molecule has 0 radical (unpaired) electrons. The van der Waals surface area contributed by atoms with E-state index >= 15 is 0 Å². The molecule has 0 fully saturated rings. The number of rotatable bonds is 7. The summed E-state index contributed by atoms with van der Waals surface area (Å²) in [6, 6.07) is 5.42. The number of hydrogen-bond acceptors (Lipinski definition) is 7. The average molecular weight is 459 g/mol. The van der Waals surface area contributed by atoms with Gasteiger partial charge in [0.25, 0.3) is 0 Å². The van der Waals surface area contributed by atoms with E-state index in [2.05, 4.69) is 34.3 Å². The second kappa shape index (κ2) is 9.34. The largest absolute Gasteiger partial charge is 0.300 e. The van der Waals surface area contributed by atoms with Crippen LogP contribution in [0, 0.1) is 0 Å². The van der Waals surface area contributed by atoms with Crippen LogP contribution in [0.4, 0.5) is 5.13 Å². The zero-order chi connectivity index (χ0) is 19.4. The second-order valence-electron chi connectivity index (χ2n) is 5.92. The topological polar surface area (TPSA) is 67.8 Å². The maximum absolute atomic E-state index is 12.2. The first-order valence-corrected chi connectivity index (χ1v) is 11.5. The lowest BCUT2D eigenvalue weighted by atomic mass is 10.2. The van der Waals surface area contributed by atoms with Crippen LogP contribution in [0.5, 0.6) is 0 Å². The standard InChI is InChI=1S/C17H16Cl2N4OS3/c1-9(2)15-20-10(7-25-15)6-14(24)21-16-22-23-17(27-16)26-8-11-12(18)4-3-5-13(11)19/h3-5,7,9H,6,8H2,1-2H3,(H,21,22,24). The van der Waals surface area contributed by atoms with Crippen molar-refractivity contribution < 1.29 is 4.79 Å². The third-order valence-electron chi connectivity index (χ3n) is 3.46. The van der Waals surface area contributed by atoms with Crippen LogP contribution in [-0.4, -0.2) is 21.1 Å². The van der Waals surface area contributed by atoms with Crippen LogP contribution in [0.1, 0.15) is 36.0 Å². The lowest BCUT2D eigenvalue weighted by Gasteiger charge is -2.04. The number of thioether (sulfide) groups is 1. The molecule has 142 valence electrons. The van der Waals surface area contributed by atoms with Crippen molar-refractivity contribution in [3.63, 3.8) is 0 Å². The Kier molecular flexibility index (Phi) is 7.10. The van der Waals surface area contributed by atoms with E-state index in [0.717, 1.165) is 20.6 Å². The zero-order valence-corrected chi connectivity index (χ0v) is 18.5. The van der Waals surface area contributed by atoms with E-state index in [1.807, 2.05) is 11.4 Å². The molecule has 0 saturated carbocycles. The van der Waals surface area contributed by atoms with Gasteiger partial charge in [0.15, 0.2) is 4.34 Å². The fourth-order valence-corrected chi connectivity index (χ4v) is 5.46. The van der Waals surface area contributed by atoms with Crippen molar-refractivity contribution in [3.05, 3.63) is 49.9 Å². The SMILES string of the molecule is CC(C)c1nc(CC(=O)Nc2nnc(SCc3c(Cl)cccc3Cl)s2)cs1. The summed E-state index contributed by atoms with van der Waals surface area (Å²) in [7, 11) is 0. The van der Waals surface area contributed by atoms with E-state index in [4.69, 9.17) is 23.2 Å². The third-order valence-corrected chi connectivity index (χ3v) is 7.36. The Morgan fingerprint density at radius 1 is 1.26 bits per heavy atom. The lowest BCUT2D eigenvalue weighted by molar-refractivity contribution is -0.115. The number of amides is 1. The minimum atomic E-state index is -0.155. The maximum atomic E-state index is 12.2. The highest BCUT2D eigenvalue weighted by atomic mass is 35.5. The van der Waals surface area contributed by atoms with Crippen LogP contribution in [0.2, 0.25) is 10.0 Å². The van der Waals surface area contributed by atoms with Crippen LogP contribution < -0.4 is 5.32 Å². The number of nitrogens with zero attached hydrogens (tertiary/aromatic N) is 3. The van der Waals surface area contributed by atoms with Crippen molar-refractivity contribution in [2.45, 2.75) is 36.3 Å². The molecule has 5 nitrogen and oxygen atoms in total. The lowest BCUT2D eigenvalue weighted by Crippen LogP contribution is -2.14. The van der Waals surface area contributed by atoms with Crippen molar-refractivity contribution in [2.24, 2.45) is 0 Å². The maximum Gasteiger partial charge on any atom is 0.232 e. The predicted molar refractivity (Wildman–Crippen MR) is 114 cm³/mol. The Labute approximate surface area is 179 Å². The van der Waals surface area contributed by atoms with Gasteiger partial charge < -0.3 is 5.32 Å². The number of halogens is 2. The first-order chi connectivity index (χ1) is 12.9. The van der Waals surface area contributed by atoms with Crippen LogP contribution in [-0.2, 0) is 17.0 Å². The number of thiazole rings is 1. The molecule has 2 aromatic heterocycles. The monoisotopic (exact) mass is 458 g/mol. The Bertz CT molecular complexity index is 922. The Balaban J connectivity index is 1.55. The van der Waals surface area contributed by atoms with E-state index in [1.165, 1.54) is 23.1 Å². The van der Waals surface area contributed by atoms with E-state index < -0.39 is 0 Å². The van der Waals surface area contributed by atoms with Gasteiger partial charge in [-0.3, -0.25) is 4.79 Å². The highest BCUT2D eigenvalue weighted by molar-refractivity contribution is 8.00. The summed E-state index contributed by atoms with van der Waals surface area (Å²) in [6.45, 7) is 4.16. The normalized spacial score (nSPS) is 11.1. The number of hydrogen-bond donors (Lipinski definition) is 1. The molecule has 0 aliphatic rings. The first kappa shape index (κ1) is 20.5. The second-order valence-corrected chi connectivity index (χ2v) is 9.82. The molecular weight excluding hydrogens is 443 g/mol. The predicted octanol–water partition coefficient (Wildman–Crippen LogP) is 5.90. The number of benzene rings is 1. The molecule has 0 atom stereocenters. The van der Waals surface area contributed by atoms with E-state index in [1.54, 1.807) is 23.5 Å². The summed E-state index contributed by atoms with van der Waals surface area (Å²) in [5, 5.41) is 15.6. The summed E-state index contributed by atoms with van der Waals surface area (Å²) in [6.07, 6.45) is 0.223. The highest BCUT2D eigenvalue weighted by Gasteiger charge is 2.13. The molecule has 0 unspecified atom stereocenters. The number of carbonyl (C=O) groups excluding carboxylic acids is 1. The van der Waals surface area contributed by atoms with Gasteiger partial charge >= 0.3 is 0 Å². The van der Waals surface area contributed by atoms with Crippen LogP contribution in [0.15, 0.2) is 27.9 Å². The fraction of sp³-hybridized carbons (Fsp3) is 0.294. The zero-order valence-electron chi connectivity index (χ0n) is 14.5. The van der Waals surface area contributed by atoms with Crippen LogP contribution in [0.3, 0.4) is 0 Å². The van der Waals surface area contributed by atoms with Gasteiger partial charge in [0, 0.05) is 27.1 Å². The van der Waals surface area contributed by atoms with Crippen molar-refractivity contribution >= 4 is 68.7 Å². The molecule has 0 saturated heterocycles. The Morgan fingerprint density at radius 2 is 2.00 bits per heavy atom. The van der Waals surface area contributed by atoms with Gasteiger partial charge in [0.05, 0.1) is 17.1 Å². The molecule has 1 aromatic carbocycles. The molecule has 1 amide bonds.